The Bertz CT molecular complexity index is 1090. The van der Waals surface area contributed by atoms with Crippen LogP contribution < -0.4 is 5.32 Å². The third kappa shape index (κ3) is 6.18. The van der Waals surface area contributed by atoms with Gasteiger partial charge in [0.15, 0.2) is 0 Å². The van der Waals surface area contributed by atoms with Gasteiger partial charge in [0.25, 0.3) is 5.91 Å². The molecule has 2 aliphatic carbocycles. The lowest BCUT2D eigenvalue weighted by Gasteiger charge is -2.50. The molecule has 4 aliphatic rings. The SMILES string of the molecule is C[C@@H](OCC1CCC(F)(F)CC1)[C@H](NC(=O)[C@@H]1CN(C(=O)c2cncs2)CC12CN(C(=O)C1CC1)C2)C(C)(C)O. The van der Waals surface area contributed by atoms with E-state index in [9.17, 15) is 28.3 Å². The average Bonchev–Trinajstić information content (AvgIpc) is 3.41. The number of rotatable bonds is 9. The van der Waals surface area contributed by atoms with Crippen LogP contribution in [-0.4, -0.2) is 94.1 Å². The zero-order chi connectivity index (χ0) is 28.9. The first-order chi connectivity index (χ1) is 18.8. The minimum Gasteiger partial charge on any atom is -0.388 e. The van der Waals surface area contributed by atoms with Crippen LogP contribution in [0.15, 0.2) is 11.7 Å². The third-order valence-electron chi connectivity index (χ3n) is 9.10. The second kappa shape index (κ2) is 10.9. The van der Waals surface area contributed by atoms with Crippen LogP contribution in [0.25, 0.3) is 0 Å². The number of likely N-dealkylation sites (tertiary alicyclic amines) is 2. The third-order valence-corrected chi connectivity index (χ3v) is 9.87. The van der Waals surface area contributed by atoms with Gasteiger partial charge in [0, 0.05) is 57.0 Å². The maximum absolute atomic E-state index is 13.9. The first-order valence-corrected chi connectivity index (χ1v) is 15.1. The lowest BCUT2D eigenvalue weighted by atomic mass is 9.70. The van der Waals surface area contributed by atoms with Crippen molar-refractivity contribution in [2.45, 2.75) is 83.0 Å². The van der Waals surface area contributed by atoms with E-state index in [0.717, 1.165) is 12.8 Å². The second-order valence-corrected chi connectivity index (χ2v) is 13.8. The number of alkyl halides is 2. The standard InChI is InChI=1S/C28H40F2N4O5S/c1-17(39-12-18-6-8-28(29,30)9-7-18)22(26(2,3)38)32-23(35)20-11-33(25(37)21-10-31-16-40-21)13-27(20)14-34(15-27)24(36)19-4-5-19/h10,16-20,22,38H,4-9,11-15H2,1-3H3,(H,32,35)/t17-,20+,22+/m1/s1. The fourth-order valence-electron chi connectivity index (χ4n) is 6.51. The van der Waals surface area contributed by atoms with Crippen molar-refractivity contribution in [3.63, 3.8) is 0 Å². The molecule has 0 bridgehead atoms. The smallest absolute Gasteiger partial charge is 0.265 e. The van der Waals surface area contributed by atoms with Crippen LogP contribution in [0.5, 0.6) is 0 Å². The Balaban J connectivity index is 1.26. The van der Waals surface area contributed by atoms with Crippen LogP contribution in [0.4, 0.5) is 8.78 Å². The molecule has 2 saturated carbocycles. The van der Waals surface area contributed by atoms with Crippen LogP contribution in [-0.2, 0) is 14.3 Å². The number of halogens is 2. The van der Waals surface area contributed by atoms with Gasteiger partial charge in [0.05, 0.1) is 35.4 Å². The predicted octanol–water partition coefficient (Wildman–Crippen LogP) is 2.94. The van der Waals surface area contributed by atoms with Crippen molar-refractivity contribution < 1.29 is 33.0 Å². The Morgan fingerprint density at radius 2 is 1.82 bits per heavy atom. The van der Waals surface area contributed by atoms with Crippen LogP contribution >= 0.6 is 11.3 Å². The molecule has 2 aliphatic heterocycles. The number of ether oxygens (including phenoxy) is 1. The molecule has 3 heterocycles. The van der Waals surface area contributed by atoms with Crippen LogP contribution in [0, 0.1) is 23.2 Å². The van der Waals surface area contributed by atoms with E-state index in [-0.39, 0.29) is 55.6 Å². The first-order valence-electron chi connectivity index (χ1n) is 14.3. The van der Waals surface area contributed by atoms with Crippen molar-refractivity contribution in [3.05, 3.63) is 16.6 Å². The van der Waals surface area contributed by atoms with Crippen LogP contribution in [0.2, 0.25) is 0 Å². The zero-order valence-corrected chi connectivity index (χ0v) is 24.2. The van der Waals surface area contributed by atoms with Gasteiger partial charge >= 0.3 is 0 Å². The highest BCUT2D eigenvalue weighted by atomic mass is 32.1. The number of amides is 3. The molecule has 40 heavy (non-hydrogen) atoms. The topological polar surface area (TPSA) is 112 Å². The molecule has 12 heteroatoms. The number of nitrogens with zero attached hydrogens (tertiary/aromatic N) is 3. The summed E-state index contributed by atoms with van der Waals surface area (Å²) in [5.74, 6) is -3.45. The van der Waals surface area contributed by atoms with Crippen molar-refractivity contribution in [2.24, 2.45) is 23.2 Å². The van der Waals surface area contributed by atoms with Gasteiger partial charge in [0.2, 0.25) is 17.7 Å². The molecule has 2 saturated heterocycles. The summed E-state index contributed by atoms with van der Waals surface area (Å²) in [6.07, 6.45) is 3.20. The molecule has 0 radical (unpaired) electrons. The number of nitrogens with one attached hydrogen (secondary N) is 1. The first kappa shape index (κ1) is 29.3. The lowest BCUT2D eigenvalue weighted by Crippen LogP contribution is -2.66. The molecule has 0 unspecified atom stereocenters. The van der Waals surface area contributed by atoms with E-state index < -0.39 is 35.0 Å². The number of carbonyl (C=O) groups excluding carboxylic acids is 3. The molecule has 4 fully saturated rings. The summed E-state index contributed by atoms with van der Waals surface area (Å²) in [6, 6.07) is -0.766. The summed E-state index contributed by atoms with van der Waals surface area (Å²) in [7, 11) is 0. The van der Waals surface area contributed by atoms with Gasteiger partial charge in [-0.25, -0.2) is 8.78 Å². The van der Waals surface area contributed by atoms with Crippen molar-refractivity contribution >= 4 is 29.1 Å². The molecule has 3 atom stereocenters. The molecule has 9 nitrogen and oxygen atoms in total. The van der Waals surface area contributed by atoms with Gasteiger partial charge in [-0.1, -0.05) is 0 Å². The average molecular weight is 583 g/mol. The number of aromatic nitrogens is 1. The molecule has 5 rings (SSSR count). The van der Waals surface area contributed by atoms with Crippen LogP contribution in [0.3, 0.4) is 0 Å². The maximum atomic E-state index is 13.9. The second-order valence-electron chi connectivity index (χ2n) is 12.9. The number of hydrogen-bond acceptors (Lipinski definition) is 7. The summed E-state index contributed by atoms with van der Waals surface area (Å²) in [6.45, 7) is 6.65. The molecular formula is C28H40F2N4O5S. The number of aliphatic hydroxyl groups is 1. The normalized spacial score (nSPS) is 25.9. The molecule has 3 amide bonds. The maximum Gasteiger partial charge on any atom is 0.265 e. The number of hydrogen-bond donors (Lipinski definition) is 2. The Morgan fingerprint density at radius 3 is 2.40 bits per heavy atom. The highest BCUT2D eigenvalue weighted by Crippen LogP contribution is 2.47. The predicted molar refractivity (Wildman–Crippen MR) is 144 cm³/mol. The van der Waals surface area contributed by atoms with Gasteiger partial charge in [-0.05, 0) is 52.4 Å². The van der Waals surface area contributed by atoms with E-state index in [1.807, 2.05) is 0 Å². The zero-order valence-electron chi connectivity index (χ0n) is 23.4. The summed E-state index contributed by atoms with van der Waals surface area (Å²) in [4.78, 5) is 47.7. The van der Waals surface area contributed by atoms with E-state index in [1.54, 1.807) is 36.1 Å². The van der Waals surface area contributed by atoms with Crippen LogP contribution in [0.1, 0.15) is 69.0 Å². The van der Waals surface area contributed by atoms with Gasteiger partial charge in [-0.2, -0.15) is 0 Å². The summed E-state index contributed by atoms with van der Waals surface area (Å²) < 4.78 is 33.1. The minimum absolute atomic E-state index is 0.00890. The Hall–Kier alpha value is -2.18. The van der Waals surface area contributed by atoms with E-state index >= 15 is 0 Å². The van der Waals surface area contributed by atoms with E-state index in [2.05, 4.69) is 10.3 Å². The fraction of sp³-hybridized carbons (Fsp3) is 0.786. The minimum atomic E-state index is -2.61. The van der Waals surface area contributed by atoms with Gasteiger partial charge in [-0.3, -0.25) is 19.4 Å². The highest BCUT2D eigenvalue weighted by molar-refractivity contribution is 7.11. The largest absolute Gasteiger partial charge is 0.388 e. The van der Waals surface area contributed by atoms with Gasteiger partial charge in [0.1, 0.15) is 4.88 Å². The van der Waals surface area contributed by atoms with Crippen molar-refractivity contribution in [3.8, 4) is 0 Å². The van der Waals surface area contributed by atoms with E-state index in [1.165, 1.54) is 17.5 Å². The van der Waals surface area contributed by atoms with E-state index in [4.69, 9.17) is 4.74 Å². The van der Waals surface area contributed by atoms with E-state index in [0.29, 0.717) is 37.4 Å². The van der Waals surface area contributed by atoms with Gasteiger partial charge < -0.3 is 25.0 Å². The highest BCUT2D eigenvalue weighted by Gasteiger charge is 2.60. The van der Waals surface area contributed by atoms with Gasteiger partial charge in [-0.15, -0.1) is 11.3 Å². The molecule has 1 spiro atoms. The molecule has 0 aromatic carbocycles. The summed E-state index contributed by atoms with van der Waals surface area (Å²) in [5.41, 5.74) is -0.292. The quantitative estimate of drug-likeness (QED) is 0.463. The Morgan fingerprint density at radius 1 is 1.18 bits per heavy atom. The summed E-state index contributed by atoms with van der Waals surface area (Å²) in [5, 5.41) is 14.0. The Kier molecular flexibility index (Phi) is 7.99. The molecule has 222 valence electrons. The molecule has 2 N–H and O–H groups in total. The monoisotopic (exact) mass is 582 g/mol. The van der Waals surface area contributed by atoms with Crippen molar-refractivity contribution in [1.29, 1.82) is 0 Å². The number of carbonyl (C=O) groups is 3. The summed E-state index contributed by atoms with van der Waals surface area (Å²) >= 11 is 1.25. The van der Waals surface area contributed by atoms with Crippen molar-refractivity contribution in [1.82, 2.24) is 20.1 Å². The molecule has 1 aromatic heterocycles. The molecular weight excluding hydrogens is 542 g/mol. The number of thiazole rings is 1. The Labute approximate surface area is 237 Å². The van der Waals surface area contributed by atoms with Crippen molar-refractivity contribution in [2.75, 3.05) is 32.8 Å². The molecule has 1 aromatic rings. The lowest BCUT2D eigenvalue weighted by molar-refractivity contribution is -0.152. The fourth-order valence-corrected chi connectivity index (χ4v) is 7.10.